The summed E-state index contributed by atoms with van der Waals surface area (Å²) in [5.41, 5.74) is 3.30. The average Bonchev–Trinajstić information content (AvgIpc) is 2.84. The summed E-state index contributed by atoms with van der Waals surface area (Å²) in [6.07, 6.45) is 4.44. The number of aromatic amines is 1. The summed E-state index contributed by atoms with van der Waals surface area (Å²) in [5.74, 6) is 0. The smallest absolute Gasteiger partial charge is 0.0565 e. The monoisotopic (exact) mass is 217 g/mol. The first-order valence-electron chi connectivity index (χ1n) is 5.34. The summed E-state index contributed by atoms with van der Waals surface area (Å²) < 4.78 is 0. The Morgan fingerprint density at radius 2 is 2.00 bits per heavy atom. The SMILES string of the molecule is OCCCNc1ccc(-c2cn[nH]c2)cc1. The number of aromatic nitrogens is 2. The highest BCUT2D eigenvalue weighted by molar-refractivity contribution is 5.64. The van der Waals surface area contributed by atoms with Gasteiger partial charge in [0.25, 0.3) is 0 Å². The van der Waals surface area contributed by atoms with Crippen LogP contribution in [0.5, 0.6) is 0 Å². The van der Waals surface area contributed by atoms with E-state index in [2.05, 4.69) is 15.5 Å². The standard InChI is InChI=1S/C12H15N3O/c16-7-1-6-13-12-4-2-10(3-5-12)11-8-14-15-9-11/h2-5,8-9,13,16H,1,6-7H2,(H,14,15). The second kappa shape index (κ2) is 5.32. The molecule has 1 aromatic heterocycles. The molecule has 0 bridgehead atoms. The van der Waals surface area contributed by atoms with Crippen molar-refractivity contribution in [3.63, 3.8) is 0 Å². The van der Waals surface area contributed by atoms with Gasteiger partial charge in [0, 0.05) is 30.6 Å². The summed E-state index contributed by atoms with van der Waals surface area (Å²) in [7, 11) is 0. The molecule has 0 aliphatic heterocycles. The van der Waals surface area contributed by atoms with Crippen LogP contribution in [0.25, 0.3) is 11.1 Å². The van der Waals surface area contributed by atoms with Crippen molar-refractivity contribution in [2.45, 2.75) is 6.42 Å². The highest BCUT2D eigenvalue weighted by Gasteiger charge is 1.98. The molecule has 0 fully saturated rings. The first kappa shape index (κ1) is 10.7. The molecule has 0 radical (unpaired) electrons. The maximum absolute atomic E-state index is 8.66. The van der Waals surface area contributed by atoms with Crippen molar-refractivity contribution >= 4 is 5.69 Å². The molecule has 84 valence electrons. The van der Waals surface area contributed by atoms with E-state index in [-0.39, 0.29) is 6.61 Å². The fraction of sp³-hybridized carbons (Fsp3) is 0.250. The molecule has 0 aliphatic carbocycles. The van der Waals surface area contributed by atoms with Crippen molar-refractivity contribution in [3.8, 4) is 11.1 Å². The quantitative estimate of drug-likeness (QED) is 0.670. The van der Waals surface area contributed by atoms with Crippen LogP contribution in [-0.2, 0) is 0 Å². The highest BCUT2D eigenvalue weighted by atomic mass is 16.3. The van der Waals surface area contributed by atoms with Crippen LogP contribution in [0.4, 0.5) is 5.69 Å². The van der Waals surface area contributed by atoms with E-state index < -0.39 is 0 Å². The van der Waals surface area contributed by atoms with Crippen molar-refractivity contribution in [1.29, 1.82) is 0 Å². The van der Waals surface area contributed by atoms with Gasteiger partial charge in [-0.25, -0.2) is 0 Å². The lowest BCUT2D eigenvalue weighted by Crippen LogP contribution is -2.02. The Morgan fingerprint density at radius 3 is 2.62 bits per heavy atom. The lowest BCUT2D eigenvalue weighted by molar-refractivity contribution is 0.292. The fourth-order valence-electron chi connectivity index (χ4n) is 1.50. The number of H-pyrrole nitrogens is 1. The van der Waals surface area contributed by atoms with Gasteiger partial charge >= 0.3 is 0 Å². The molecule has 2 rings (SSSR count). The Bertz CT molecular complexity index is 408. The second-order valence-electron chi connectivity index (χ2n) is 3.57. The van der Waals surface area contributed by atoms with Gasteiger partial charge in [0.2, 0.25) is 0 Å². The van der Waals surface area contributed by atoms with Gasteiger partial charge in [0.15, 0.2) is 0 Å². The van der Waals surface area contributed by atoms with Gasteiger partial charge in [0.1, 0.15) is 0 Å². The number of hydrogen-bond acceptors (Lipinski definition) is 3. The van der Waals surface area contributed by atoms with Crippen LogP contribution in [0.1, 0.15) is 6.42 Å². The maximum Gasteiger partial charge on any atom is 0.0565 e. The number of aliphatic hydroxyl groups is 1. The zero-order valence-electron chi connectivity index (χ0n) is 8.98. The summed E-state index contributed by atoms with van der Waals surface area (Å²) in [6, 6.07) is 8.15. The molecule has 2 aromatic rings. The predicted molar refractivity (Wildman–Crippen MR) is 64.2 cm³/mol. The van der Waals surface area contributed by atoms with E-state index in [9.17, 15) is 0 Å². The molecule has 0 spiro atoms. The third kappa shape index (κ3) is 2.61. The molecule has 1 heterocycles. The van der Waals surface area contributed by atoms with E-state index >= 15 is 0 Å². The molecule has 0 aliphatic rings. The van der Waals surface area contributed by atoms with Gasteiger partial charge in [-0.2, -0.15) is 5.10 Å². The van der Waals surface area contributed by atoms with E-state index in [0.717, 1.165) is 29.8 Å². The van der Waals surface area contributed by atoms with Crippen molar-refractivity contribution in [2.75, 3.05) is 18.5 Å². The van der Waals surface area contributed by atoms with E-state index in [0.29, 0.717) is 0 Å². The first-order valence-corrected chi connectivity index (χ1v) is 5.34. The molecule has 0 amide bonds. The van der Waals surface area contributed by atoms with Crippen LogP contribution in [0.15, 0.2) is 36.7 Å². The molecule has 0 saturated heterocycles. The first-order chi connectivity index (χ1) is 7.90. The lowest BCUT2D eigenvalue weighted by atomic mass is 10.1. The maximum atomic E-state index is 8.66. The number of anilines is 1. The second-order valence-corrected chi connectivity index (χ2v) is 3.57. The minimum atomic E-state index is 0.222. The van der Waals surface area contributed by atoms with Crippen molar-refractivity contribution in [3.05, 3.63) is 36.7 Å². The molecule has 0 saturated carbocycles. The van der Waals surface area contributed by atoms with Crippen molar-refractivity contribution < 1.29 is 5.11 Å². The third-order valence-electron chi connectivity index (χ3n) is 2.38. The fourth-order valence-corrected chi connectivity index (χ4v) is 1.50. The zero-order chi connectivity index (χ0) is 11.2. The van der Waals surface area contributed by atoms with Gasteiger partial charge in [-0.1, -0.05) is 12.1 Å². The van der Waals surface area contributed by atoms with Crippen molar-refractivity contribution in [2.24, 2.45) is 0 Å². The van der Waals surface area contributed by atoms with Gasteiger partial charge < -0.3 is 10.4 Å². The Hall–Kier alpha value is -1.81. The number of aliphatic hydroxyl groups excluding tert-OH is 1. The third-order valence-corrected chi connectivity index (χ3v) is 2.38. The zero-order valence-corrected chi connectivity index (χ0v) is 8.98. The molecule has 0 unspecified atom stereocenters. The minimum Gasteiger partial charge on any atom is -0.396 e. The Morgan fingerprint density at radius 1 is 1.19 bits per heavy atom. The van der Waals surface area contributed by atoms with Gasteiger partial charge in [-0.05, 0) is 24.1 Å². The number of benzene rings is 1. The van der Waals surface area contributed by atoms with E-state index in [4.69, 9.17) is 5.11 Å². The summed E-state index contributed by atoms with van der Waals surface area (Å²) in [5, 5.41) is 18.6. The lowest BCUT2D eigenvalue weighted by Gasteiger charge is -2.05. The molecule has 3 N–H and O–H groups in total. The number of hydrogen-bond donors (Lipinski definition) is 3. The van der Waals surface area contributed by atoms with Crippen LogP contribution in [0.3, 0.4) is 0 Å². The molecule has 4 nitrogen and oxygen atoms in total. The topological polar surface area (TPSA) is 60.9 Å². The summed E-state index contributed by atoms with van der Waals surface area (Å²) >= 11 is 0. The largest absolute Gasteiger partial charge is 0.396 e. The summed E-state index contributed by atoms with van der Waals surface area (Å²) in [6.45, 7) is 1.02. The van der Waals surface area contributed by atoms with Gasteiger partial charge in [-0.3, -0.25) is 5.10 Å². The van der Waals surface area contributed by atoms with E-state index in [1.54, 1.807) is 6.20 Å². The minimum absolute atomic E-state index is 0.222. The van der Waals surface area contributed by atoms with E-state index in [1.165, 1.54) is 0 Å². The van der Waals surface area contributed by atoms with Gasteiger partial charge in [0.05, 0.1) is 6.20 Å². The Balaban J connectivity index is 2.00. The average molecular weight is 217 g/mol. The van der Waals surface area contributed by atoms with Crippen molar-refractivity contribution in [1.82, 2.24) is 10.2 Å². The van der Waals surface area contributed by atoms with Crippen LogP contribution < -0.4 is 5.32 Å². The van der Waals surface area contributed by atoms with Crippen LogP contribution in [-0.4, -0.2) is 28.5 Å². The molecule has 0 atom stereocenters. The van der Waals surface area contributed by atoms with Crippen LogP contribution >= 0.6 is 0 Å². The summed E-state index contributed by atoms with van der Waals surface area (Å²) in [4.78, 5) is 0. The number of rotatable bonds is 5. The Labute approximate surface area is 94.3 Å². The molecule has 4 heteroatoms. The molecule has 1 aromatic carbocycles. The van der Waals surface area contributed by atoms with Gasteiger partial charge in [-0.15, -0.1) is 0 Å². The molecule has 16 heavy (non-hydrogen) atoms. The number of nitrogens with one attached hydrogen (secondary N) is 2. The van der Waals surface area contributed by atoms with Crippen LogP contribution in [0, 0.1) is 0 Å². The molecular weight excluding hydrogens is 202 g/mol. The highest BCUT2D eigenvalue weighted by Crippen LogP contribution is 2.19. The Kier molecular flexibility index (Phi) is 3.56. The molecular formula is C12H15N3O. The van der Waals surface area contributed by atoms with Crippen LogP contribution in [0.2, 0.25) is 0 Å². The van der Waals surface area contributed by atoms with E-state index in [1.807, 2.05) is 30.5 Å². The normalized spacial score (nSPS) is 10.3. The number of nitrogens with zero attached hydrogens (tertiary/aromatic N) is 1. The predicted octanol–water partition coefficient (Wildman–Crippen LogP) is 1.87.